The first-order valence-electron chi connectivity index (χ1n) is 3.26. The highest BCUT2D eigenvalue weighted by atomic mass is 32.2. The molecule has 0 heterocycles. The molecule has 0 fully saturated rings. The van der Waals surface area contributed by atoms with E-state index in [0.717, 1.165) is 6.07 Å². The third-order valence-electron chi connectivity index (χ3n) is 1.33. The second kappa shape index (κ2) is 3.37. The van der Waals surface area contributed by atoms with Crippen molar-refractivity contribution in [3.8, 4) is 0 Å². The van der Waals surface area contributed by atoms with Crippen LogP contribution < -0.4 is 5.73 Å². The highest BCUT2D eigenvalue weighted by molar-refractivity contribution is 7.86. The molecule has 0 aliphatic rings. The summed E-state index contributed by atoms with van der Waals surface area (Å²) in [6, 6.07) is 5.21. The number of hydrogen-bond donors (Lipinski definition) is 1. The fourth-order valence-electron chi connectivity index (χ4n) is 0.774. The van der Waals surface area contributed by atoms with Crippen molar-refractivity contribution >= 4 is 16.5 Å². The first kappa shape index (κ1) is 10.0. The molecule has 0 bridgehead atoms. The van der Waals surface area contributed by atoms with Gasteiger partial charge in [0.1, 0.15) is 0 Å². The molecule has 1 atom stereocenters. The summed E-state index contributed by atoms with van der Waals surface area (Å²) >= 11 is 0. The van der Waals surface area contributed by atoms with Gasteiger partial charge in [-0.15, -0.1) is 0 Å². The van der Waals surface area contributed by atoms with Crippen molar-refractivity contribution in [2.45, 2.75) is 10.4 Å². The lowest BCUT2D eigenvalue weighted by Crippen LogP contribution is -2.17. The van der Waals surface area contributed by atoms with Crippen LogP contribution in [0.5, 0.6) is 0 Å². The van der Waals surface area contributed by atoms with E-state index in [0.29, 0.717) is 0 Å². The summed E-state index contributed by atoms with van der Waals surface area (Å²) in [5, 5.41) is 0. The normalized spacial score (nSPS) is 14.1. The second-order valence-corrected chi connectivity index (χ2v) is 3.69. The SMILES string of the molecule is Nc1ccccc1S(=O)C(F)(F)F. The Morgan fingerprint density at radius 1 is 1.23 bits per heavy atom. The number of alkyl halides is 3. The van der Waals surface area contributed by atoms with Gasteiger partial charge in [0, 0.05) is 5.69 Å². The average Bonchev–Trinajstić information content (AvgIpc) is 2.02. The van der Waals surface area contributed by atoms with E-state index in [9.17, 15) is 17.4 Å². The topological polar surface area (TPSA) is 43.1 Å². The summed E-state index contributed by atoms with van der Waals surface area (Å²) < 4.78 is 46.7. The minimum Gasteiger partial charge on any atom is -0.398 e. The fraction of sp³-hybridized carbons (Fsp3) is 0.143. The monoisotopic (exact) mass is 209 g/mol. The van der Waals surface area contributed by atoms with E-state index in [1.165, 1.54) is 18.2 Å². The Kier molecular flexibility index (Phi) is 2.60. The van der Waals surface area contributed by atoms with Gasteiger partial charge >= 0.3 is 5.51 Å². The molecule has 0 spiro atoms. The molecule has 6 heteroatoms. The van der Waals surface area contributed by atoms with E-state index >= 15 is 0 Å². The third kappa shape index (κ3) is 2.21. The largest absolute Gasteiger partial charge is 0.475 e. The molecule has 13 heavy (non-hydrogen) atoms. The minimum atomic E-state index is -4.75. The highest BCUT2D eigenvalue weighted by Gasteiger charge is 2.38. The lowest BCUT2D eigenvalue weighted by molar-refractivity contribution is -0.0384. The molecule has 0 amide bonds. The molecule has 0 saturated carbocycles. The van der Waals surface area contributed by atoms with E-state index in [1.807, 2.05) is 0 Å². The molecule has 0 radical (unpaired) electrons. The van der Waals surface area contributed by atoms with E-state index in [4.69, 9.17) is 5.73 Å². The van der Waals surface area contributed by atoms with Crippen LogP contribution in [0.3, 0.4) is 0 Å². The maximum atomic E-state index is 12.0. The van der Waals surface area contributed by atoms with Crippen molar-refractivity contribution in [1.29, 1.82) is 0 Å². The molecule has 1 unspecified atom stereocenters. The van der Waals surface area contributed by atoms with E-state index in [2.05, 4.69) is 0 Å². The third-order valence-corrected chi connectivity index (χ3v) is 2.52. The molecule has 1 aromatic carbocycles. The van der Waals surface area contributed by atoms with Crippen LogP contribution in [0, 0.1) is 0 Å². The Balaban J connectivity index is 3.10. The van der Waals surface area contributed by atoms with Crippen LogP contribution in [0.1, 0.15) is 0 Å². The number of anilines is 1. The lowest BCUT2D eigenvalue weighted by Gasteiger charge is -2.07. The van der Waals surface area contributed by atoms with Crippen molar-refractivity contribution < 1.29 is 17.4 Å². The summed E-state index contributed by atoms with van der Waals surface area (Å²) in [5.41, 5.74) is 0.358. The summed E-state index contributed by atoms with van der Waals surface area (Å²) in [6.07, 6.45) is 0. The van der Waals surface area contributed by atoms with Gasteiger partial charge in [0.15, 0.2) is 10.8 Å². The van der Waals surface area contributed by atoms with Crippen molar-refractivity contribution in [1.82, 2.24) is 0 Å². The Hall–Kier alpha value is -1.04. The summed E-state index contributed by atoms with van der Waals surface area (Å²) in [7, 11) is -3.04. The Morgan fingerprint density at radius 3 is 2.23 bits per heavy atom. The molecule has 0 aliphatic heterocycles. The van der Waals surface area contributed by atoms with Crippen LogP contribution in [0.2, 0.25) is 0 Å². The molecule has 2 nitrogen and oxygen atoms in total. The van der Waals surface area contributed by atoms with Crippen LogP contribution in [-0.4, -0.2) is 9.72 Å². The Bertz CT molecular complexity index is 337. The highest BCUT2D eigenvalue weighted by Crippen LogP contribution is 2.28. The van der Waals surface area contributed by atoms with Gasteiger partial charge in [-0.25, -0.2) is 4.21 Å². The zero-order valence-corrected chi connectivity index (χ0v) is 7.15. The van der Waals surface area contributed by atoms with Crippen molar-refractivity contribution in [3.63, 3.8) is 0 Å². The van der Waals surface area contributed by atoms with Gasteiger partial charge in [-0.3, -0.25) is 0 Å². The molecule has 1 rings (SSSR count). The molecule has 0 aliphatic carbocycles. The van der Waals surface area contributed by atoms with Gasteiger partial charge in [-0.2, -0.15) is 13.2 Å². The minimum absolute atomic E-state index is 0.113. The fourth-order valence-corrected chi connectivity index (χ4v) is 1.51. The number of hydrogen-bond acceptors (Lipinski definition) is 2. The number of para-hydroxylation sites is 1. The van der Waals surface area contributed by atoms with E-state index in [-0.39, 0.29) is 5.69 Å². The molecule has 1 aromatic rings. The lowest BCUT2D eigenvalue weighted by atomic mass is 10.3. The molecule has 72 valence electrons. The van der Waals surface area contributed by atoms with Crippen LogP contribution in [0.4, 0.5) is 18.9 Å². The van der Waals surface area contributed by atoms with Gasteiger partial charge in [0.2, 0.25) is 0 Å². The van der Waals surface area contributed by atoms with E-state index < -0.39 is 21.2 Å². The van der Waals surface area contributed by atoms with Crippen LogP contribution in [-0.2, 0) is 10.8 Å². The summed E-state index contributed by atoms with van der Waals surface area (Å²) in [5.74, 6) is 0. The maximum Gasteiger partial charge on any atom is 0.475 e. The van der Waals surface area contributed by atoms with Crippen molar-refractivity contribution in [2.24, 2.45) is 0 Å². The molecular formula is C7H6F3NOS. The Morgan fingerprint density at radius 2 is 1.77 bits per heavy atom. The summed E-state index contributed by atoms with van der Waals surface area (Å²) in [6.45, 7) is 0. The van der Waals surface area contributed by atoms with Crippen molar-refractivity contribution in [2.75, 3.05) is 5.73 Å². The van der Waals surface area contributed by atoms with Gasteiger partial charge in [0.25, 0.3) is 0 Å². The standard InChI is InChI=1S/C7H6F3NOS/c8-7(9,10)13(12)6-4-2-1-3-5(6)11/h1-4H,11H2. The van der Waals surface area contributed by atoms with Crippen LogP contribution in [0.25, 0.3) is 0 Å². The predicted octanol–water partition coefficient (Wildman–Crippen LogP) is 1.90. The van der Waals surface area contributed by atoms with Crippen LogP contribution >= 0.6 is 0 Å². The quantitative estimate of drug-likeness (QED) is 0.718. The zero-order chi connectivity index (χ0) is 10.1. The number of nitrogen functional groups attached to an aromatic ring is 1. The smallest absolute Gasteiger partial charge is 0.398 e. The molecule has 2 N–H and O–H groups in total. The predicted molar refractivity (Wildman–Crippen MR) is 43.3 cm³/mol. The molecule has 0 aromatic heterocycles. The van der Waals surface area contributed by atoms with Gasteiger partial charge in [-0.05, 0) is 12.1 Å². The first-order chi connectivity index (χ1) is 5.93. The van der Waals surface area contributed by atoms with Gasteiger partial charge in [0.05, 0.1) is 4.90 Å². The average molecular weight is 209 g/mol. The van der Waals surface area contributed by atoms with Crippen molar-refractivity contribution in [3.05, 3.63) is 24.3 Å². The number of nitrogens with two attached hydrogens (primary N) is 1. The van der Waals surface area contributed by atoms with E-state index in [1.54, 1.807) is 0 Å². The molecular weight excluding hydrogens is 203 g/mol. The number of benzene rings is 1. The maximum absolute atomic E-state index is 12.0. The Labute approximate surface area is 75.0 Å². The zero-order valence-electron chi connectivity index (χ0n) is 6.34. The number of halogens is 3. The molecule has 0 saturated heterocycles. The summed E-state index contributed by atoms with van der Waals surface area (Å²) in [4.78, 5) is -0.394. The van der Waals surface area contributed by atoms with Gasteiger partial charge in [-0.1, -0.05) is 12.1 Å². The van der Waals surface area contributed by atoms with Crippen LogP contribution in [0.15, 0.2) is 29.2 Å². The first-order valence-corrected chi connectivity index (χ1v) is 4.41. The number of rotatable bonds is 1. The second-order valence-electron chi connectivity index (χ2n) is 2.25. The van der Waals surface area contributed by atoms with Gasteiger partial charge < -0.3 is 5.73 Å².